The molecule has 52 heavy (non-hydrogen) atoms. The summed E-state index contributed by atoms with van der Waals surface area (Å²) in [7, 11) is 3.90. The van der Waals surface area contributed by atoms with Gasteiger partial charge in [-0.05, 0) is 56.1 Å². The minimum absolute atomic E-state index is 0.0538. The average Bonchev–Trinajstić information content (AvgIpc) is 3.34. The third-order valence-electron chi connectivity index (χ3n) is 10.8. The molecule has 4 amide bonds. The van der Waals surface area contributed by atoms with E-state index < -0.39 is 23.7 Å². The maximum absolute atomic E-state index is 15.0. The number of carbonyl (C=O) groups excluding carboxylic acids is 5. The molecule has 0 bridgehead atoms. The van der Waals surface area contributed by atoms with Crippen molar-refractivity contribution < 1.29 is 28.7 Å². The highest BCUT2D eigenvalue weighted by molar-refractivity contribution is 5.96. The molecule has 1 aromatic carbocycles. The van der Waals surface area contributed by atoms with Gasteiger partial charge in [0, 0.05) is 71.4 Å². The summed E-state index contributed by atoms with van der Waals surface area (Å²) < 4.78 is 5.66. The van der Waals surface area contributed by atoms with Crippen LogP contribution < -0.4 is 15.8 Å². The summed E-state index contributed by atoms with van der Waals surface area (Å²) in [5.41, 5.74) is 5.73. The van der Waals surface area contributed by atoms with Gasteiger partial charge in [0.2, 0.25) is 23.6 Å². The van der Waals surface area contributed by atoms with E-state index in [4.69, 9.17) is 10.5 Å². The highest BCUT2D eigenvalue weighted by Crippen LogP contribution is 2.44. The summed E-state index contributed by atoms with van der Waals surface area (Å²) in [6, 6.07) is 5.60. The van der Waals surface area contributed by atoms with Crippen LogP contribution in [-0.4, -0.2) is 101 Å². The Balaban J connectivity index is 1.64. The lowest BCUT2D eigenvalue weighted by atomic mass is 9.88. The zero-order valence-corrected chi connectivity index (χ0v) is 31.9. The molecule has 3 unspecified atom stereocenters. The third kappa shape index (κ3) is 10.0. The fourth-order valence-corrected chi connectivity index (χ4v) is 7.65. The first kappa shape index (κ1) is 40.6. The number of piperidine rings is 1. The molecule has 0 aromatic heterocycles. The molecule has 2 fully saturated rings. The fourth-order valence-electron chi connectivity index (χ4n) is 7.65. The van der Waals surface area contributed by atoms with Crippen molar-refractivity contribution in [1.82, 2.24) is 24.9 Å². The fraction of sp³-hybridized carbons (Fsp3) is 0.625. The first-order chi connectivity index (χ1) is 24.9. The number of nitrogens with zero attached hydrogens (tertiary/aromatic N) is 4. The number of nitrogens with two attached hydrogens (primary N) is 1. The van der Waals surface area contributed by atoms with Crippen LogP contribution in [0.4, 0.5) is 0 Å². The number of hydrogen-bond donors (Lipinski definition) is 2. The van der Waals surface area contributed by atoms with Crippen molar-refractivity contribution in [3.63, 3.8) is 0 Å². The summed E-state index contributed by atoms with van der Waals surface area (Å²) in [5.74, 6) is -0.981. The Morgan fingerprint density at radius 2 is 1.67 bits per heavy atom. The van der Waals surface area contributed by atoms with Gasteiger partial charge < -0.3 is 35.4 Å². The molecule has 0 saturated carbocycles. The van der Waals surface area contributed by atoms with Gasteiger partial charge >= 0.3 is 5.97 Å². The van der Waals surface area contributed by atoms with Gasteiger partial charge in [0.1, 0.15) is 23.5 Å². The number of likely N-dealkylation sites (tertiary alicyclic amines) is 1. The van der Waals surface area contributed by atoms with Crippen molar-refractivity contribution in [3.8, 4) is 5.75 Å². The zero-order chi connectivity index (χ0) is 37.8. The molecule has 3 heterocycles. The number of amides is 4. The smallest absolute Gasteiger partial charge is 0.341 e. The molecule has 3 aliphatic rings. The first-order valence-corrected chi connectivity index (χ1v) is 19.2. The van der Waals surface area contributed by atoms with Gasteiger partial charge in [-0.2, -0.15) is 0 Å². The molecule has 12 heteroatoms. The predicted octanol–water partition coefficient (Wildman–Crippen LogP) is 4.49. The summed E-state index contributed by atoms with van der Waals surface area (Å²) in [6.45, 7) is 7.93. The molecule has 1 aromatic rings. The molecule has 3 N–H and O–H groups in total. The average molecular weight is 721 g/mol. The summed E-state index contributed by atoms with van der Waals surface area (Å²) in [5, 5.41) is 3.10. The van der Waals surface area contributed by atoms with Crippen molar-refractivity contribution in [3.05, 3.63) is 53.9 Å². The van der Waals surface area contributed by atoms with Gasteiger partial charge in [-0.3, -0.25) is 19.2 Å². The van der Waals surface area contributed by atoms with Gasteiger partial charge in [0.25, 0.3) is 0 Å². The van der Waals surface area contributed by atoms with Crippen LogP contribution in [0, 0.1) is 5.92 Å². The molecular weight excluding hydrogens is 660 g/mol. The van der Waals surface area contributed by atoms with Crippen molar-refractivity contribution in [2.45, 2.75) is 122 Å². The zero-order valence-electron chi connectivity index (χ0n) is 31.9. The minimum atomic E-state index is -0.935. The highest BCUT2D eigenvalue weighted by Gasteiger charge is 2.62. The monoisotopic (exact) mass is 720 g/mol. The van der Waals surface area contributed by atoms with Crippen LogP contribution in [0.15, 0.2) is 48.3 Å². The second-order valence-corrected chi connectivity index (χ2v) is 14.8. The van der Waals surface area contributed by atoms with Crippen molar-refractivity contribution in [1.29, 1.82) is 0 Å². The van der Waals surface area contributed by atoms with Crippen molar-refractivity contribution >= 4 is 29.6 Å². The van der Waals surface area contributed by atoms with Gasteiger partial charge in [-0.25, -0.2) is 4.79 Å². The van der Waals surface area contributed by atoms with E-state index in [-0.39, 0.29) is 36.0 Å². The Bertz CT molecular complexity index is 1470. The number of unbranched alkanes of at least 4 members (excludes halogenated alkanes) is 4. The molecule has 2 saturated heterocycles. The highest BCUT2D eigenvalue weighted by atomic mass is 16.5. The number of allylic oxidation sites excluding steroid dienone is 1. The Hall–Kier alpha value is -4.19. The number of esters is 1. The maximum Gasteiger partial charge on any atom is 0.341 e. The number of hydrogen-bond acceptors (Lipinski definition) is 8. The molecule has 12 nitrogen and oxygen atoms in total. The van der Waals surface area contributed by atoms with Crippen LogP contribution >= 0.6 is 0 Å². The van der Waals surface area contributed by atoms with E-state index in [0.717, 1.165) is 31.2 Å². The summed E-state index contributed by atoms with van der Waals surface area (Å²) in [4.78, 5) is 75.2. The lowest BCUT2D eigenvalue weighted by Crippen LogP contribution is -2.66. The second kappa shape index (κ2) is 19.0. The van der Waals surface area contributed by atoms with E-state index in [1.54, 1.807) is 23.2 Å². The number of primary amides is 1. The largest absolute Gasteiger partial charge is 0.423 e. The first-order valence-electron chi connectivity index (χ1n) is 19.2. The second-order valence-electron chi connectivity index (χ2n) is 14.8. The normalized spacial score (nSPS) is 19.8. The van der Waals surface area contributed by atoms with E-state index in [1.165, 1.54) is 0 Å². The van der Waals surface area contributed by atoms with E-state index in [0.29, 0.717) is 82.3 Å². The van der Waals surface area contributed by atoms with Crippen LogP contribution in [0.1, 0.15) is 103 Å². The molecule has 3 aliphatic heterocycles. The Labute approximate surface area is 309 Å². The van der Waals surface area contributed by atoms with E-state index >= 15 is 0 Å². The van der Waals surface area contributed by atoms with Gasteiger partial charge in [0.05, 0.1) is 5.57 Å². The Morgan fingerprint density at radius 1 is 0.981 bits per heavy atom. The maximum atomic E-state index is 15.0. The van der Waals surface area contributed by atoms with Crippen LogP contribution in [-0.2, 0) is 30.4 Å². The number of benzene rings is 1. The number of nitrogens with one attached hydrogen (secondary N) is 1. The van der Waals surface area contributed by atoms with Crippen molar-refractivity contribution in [2.75, 3.05) is 33.7 Å². The van der Waals surface area contributed by atoms with Crippen molar-refractivity contribution in [2.24, 2.45) is 11.7 Å². The molecule has 1 spiro atoms. The third-order valence-corrected chi connectivity index (χ3v) is 10.8. The molecule has 0 aliphatic carbocycles. The Kier molecular flexibility index (Phi) is 14.9. The SMILES string of the molecule is CCCCCC(=O)N1C(Cc2ccc(OC(=O)C3=CN(C)C=CC3)cc2)C(=O)N(C(C(=O)NCCCCCC(N)=O)C(C)CC)C12CCN(C)CC2. The van der Waals surface area contributed by atoms with Crippen LogP contribution in [0.5, 0.6) is 5.75 Å². The number of rotatable bonds is 18. The number of ether oxygens (including phenoxy) is 1. The van der Waals surface area contributed by atoms with Gasteiger partial charge in [-0.15, -0.1) is 0 Å². The summed E-state index contributed by atoms with van der Waals surface area (Å²) >= 11 is 0. The van der Waals surface area contributed by atoms with E-state index in [2.05, 4.69) is 17.1 Å². The standard InChI is InChI=1S/C40H60N6O6/c1-6-8-10-16-35(48)45-33(27-30-17-19-32(20-18-30)52-39(51)31-14-13-24-44(5)28-31)38(50)46(40(45)21-25-43(4)26-22-40)36(29(3)7-2)37(49)42-23-12-9-11-15-34(41)47/h13,17-20,24,28-29,33,36H,6-12,14-16,21-23,25-27H2,1-5H3,(H2,41,47)(H,42,49). The molecular formula is C40H60N6O6. The molecule has 4 rings (SSSR count). The molecule has 0 radical (unpaired) electrons. The van der Waals surface area contributed by atoms with Crippen LogP contribution in [0.25, 0.3) is 0 Å². The Morgan fingerprint density at radius 3 is 2.31 bits per heavy atom. The quantitative estimate of drug-likeness (QED) is 0.128. The molecule has 3 atom stereocenters. The van der Waals surface area contributed by atoms with Crippen LogP contribution in [0.3, 0.4) is 0 Å². The van der Waals surface area contributed by atoms with Crippen LogP contribution in [0.2, 0.25) is 0 Å². The molecule has 286 valence electrons. The summed E-state index contributed by atoms with van der Waals surface area (Å²) in [6.07, 6.45) is 13.5. The van der Waals surface area contributed by atoms with E-state index in [1.807, 2.05) is 62.2 Å². The van der Waals surface area contributed by atoms with Gasteiger partial charge in [0.15, 0.2) is 0 Å². The van der Waals surface area contributed by atoms with Gasteiger partial charge in [-0.1, -0.05) is 64.7 Å². The van der Waals surface area contributed by atoms with E-state index in [9.17, 15) is 24.0 Å². The number of carbonyl (C=O) groups is 5. The topological polar surface area (TPSA) is 146 Å². The predicted molar refractivity (Wildman–Crippen MR) is 200 cm³/mol. The lowest BCUT2D eigenvalue weighted by Gasteiger charge is -2.51. The lowest BCUT2D eigenvalue weighted by molar-refractivity contribution is -0.156. The minimum Gasteiger partial charge on any atom is -0.423 e.